The third-order valence-corrected chi connectivity index (χ3v) is 5.39. The first-order chi connectivity index (χ1) is 9.44. The van der Waals surface area contributed by atoms with E-state index in [9.17, 15) is 8.42 Å². The molecule has 4 heteroatoms. The van der Waals surface area contributed by atoms with Crippen LogP contribution in [0.3, 0.4) is 0 Å². The number of hydrogen-bond acceptors (Lipinski definition) is 3. The van der Waals surface area contributed by atoms with E-state index < -0.39 is 9.84 Å². The van der Waals surface area contributed by atoms with E-state index in [0.717, 1.165) is 13.1 Å². The van der Waals surface area contributed by atoms with Gasteiger partial charge in [-0.3, -0.25) is 4.90 Å². The fourth-order valence-corrected chi connectivity index (χ4v) is 4.42. The van der Waals surface area contributed by atoms with Gasteiger partial charge in [0, 0.05) is 19.6 Å². The lowest BCUT2D eigenvalue weighted by Crippen LogP contribution is -2.30. The SMILES string of the molecule is CC(=Cc1ccccc1)CN1CCS(=O)(=O)CC(C)C1. The summed E-state index contributed by atoms with van der Waals surface area (Å²) in [6.07, 6.45) is 2.17. The minimum Gasteiger partial charge on any atom is -0.298 e. The molecule has 1 saturated heterocycles. The Morgan fingerprint density at radius 1 is 1.35 bits per heavy atom. The lowest BCUT2D eigenvalue weighted by atomic mass is 10.1. The van der Waals surface area contributed by atoms with Crippen LogP contribution in [0, 0.1) is 5.92 Å². The lowest BCUT2D eigenvalue weighted by molar-refractivity contribution is 0.286. The van der Waals surface area contributed by atoms with E-state index in [1.165, 1.54) is 11.1 Å². The summed E-state index contributed by atoms with van der Waals surface area (Å²) in [5, 5.41) is 0. The van der Waals surface area contributed by atoms with Crippen LogP contribution in [0.1, 0.15) is 19.4 Å². The fourth-order valence-electron chi connectivity index (χ4n) is 2.75. The van der Waals surface area contributed by atoms with Gasteiger partial charge in [-0.15, -0.1) is 0 Å². The van der Waals surface area contributed by atoms with Crippen molar-refractivity contribution in [2.24, 2.45) is 5.92 Å². The van der Waals surface area contributed by atoms with Crippen LogP contribution in [-0.4, -0.2) is 44.5 Å². The molecule has 0 N–H and O–H groups in total. The number of nitrogens with zero attached hydrogens (tertiary/aromatic N) is 1. The Morgan fingerprint density at radius 2 is 2.05 bits per heavy atom. The lowest BCUT2D eigenvalue weighted by Gasteiger charge is -2.22. The summed E-state index contributed by atoms with van der Waals surface area (Å²) in [6, 6.07) is 10.2. The highest BCUT2D eigenvalue weighted by molar-refractivity contribution is 7.91. The summed E-state index contributed by atoms with van der Waals surface area (Å²) >= 11 is 0. The Balaban J connectivity index is 2.01. The molecule has 0 aliphatic carbocycles. The molecule has 110 valence electrons. The third kappa shape index (κ3) is 4.76. The van der Waals surface area contributed by atoms with Gasteiger partial charge in [0.2, 0.25) is 0 Å². The molecule has 1 fully saturated rings. The van der Waals surface area contributed by atoms with Crippen molar-refractivity contribution in [3.8, 4) is 0 Å². The van der Waals surface area contributed by atoms with Crippen LogP contribution in [-0.2, 0) is 9.84 Å². The maximum Gasteiger partial charge on any atom is 0.151 e. The number of rotatable bonds is 3. The van der Waals surface area contributed by atoms with E-state index in [4.69, 9.17) is 0 Å². The molecule has 20 heavy (non-hydrogen) atoms. The first kappa shape index (κ1) is 15.3. The molecule has 0 spiro atoms. The molecular formula is C16H23NO2S. The van der Waals surface area contributed by atoms with Crippen molar-refractivity contribution in [1.82, 2.24) is 4.90 Å². The molecule has 1 aliphatic heterocycles. The van der Waals surface area contributed by atoms with Crippen molar-refractivity contribution in [3.63, 3.8) is 0 Å². The van der Waals surface area contributed by atoms with Crippen molar-refractivity contribution in [2.75, 3.05) is 31.1 Å². The summed E-state index contributed by atoms with van der Waals surface area (Å²) in [5.74, 6) is 0.827. The van der Waals surface area contributed by atoms with Gasteiger partial charge in [0.15, 0.2) is 9.84 Å². The largest absolute Gasteiger partial charge is 0.298 e. The molecule has 0 amide bonds. The van der Waals surface area contributed by atoms with Crippen LogP contribution in [0.5, 0.6) is 0 Å². The molecule has 3 nitrogen and oxygen atoms in total. The van der Waals surface area contributed by atoms with Gasteiger partial charge in [-0.25, -0.2) is 8.42 Å². The minimum atomic E-state index is -2.86. The monoisotopic (exact) mass is 293 g/mol. The quantitative estimate of drug-likeness (QED) is 0.859. The molecule has 1 heterocycles. The third-order valence-electron chi connectivity index (χ3n) is 3.51. The van der Waals surface area contributed by atoms with Gasteiger partial charge in [-0.2, -0.15) is 0 Å². The number of sulfone groups is 1. The van der Waals surface area contributed by atoms with Crippen LogP contribution in [0.25, 0.3) is 6.08 Å². The molecule has 1 unspecified atom stereocenters. The predicted octanol–water partition coefficient (Wildman–Crippen LogP) is 2.46. The Hall–Kier alpha value is -1.13. The van der Waals surface area contributed by atoms with Gasteiger partial charge < -0.3 is 0 Å². The smallest absolute Gasteiger partial charge is 0.151 e. The van der Waals surface area contributed by atoms with E-state index >= 15 is 0 Å². The Morgan fingerprint density at radius 3 is 2.75 bits per heavy atom. The molecule has 1 aromatic carbocycles. The zero-order valence-corrected chi connectivity index (χ0v) is 13.1. The Bertz CT molecular complexity index is 563. The second-order valence-corrected chi connectivity index (χ2v) is 8.08. The standard InChI is InChI=1S/C16H23NO2S/c1-14(10-16-6-4-3-5-7-16)11-17-8-9-20(18,19)13-15(2)12-17/h3-7,10,15H,8-9,11-13H2,1-2H3. The molecule has 2 rings (SSSR count). The van der Waals surface area contributed by atoms with Crippen LogP contribution in [0.15, 0.2) is 35.9 Å². The fraction of sp³-hybridized carbons (Fsp3) is 0.500. The van der Waals surface area contributed by atoms with E-state index in [-0.39, 0.29) is 11.7 Å². The van der Waals surface area contributed by atoms with Crippen molar-refractivity contribution < 1.29 is 8.42 Å². The summed E-state index contributed by atoms with van der Waals surface area (Å²) in [7, 11) is -2.86. The van der Waals surface area contributed by atoms with E-state index in [1.54, 1.807) is 0 Å². The average molecular weight is 293 g/mol. The summed E-state index contributed by atoms with van der Waals surface area (Å²) in [5.41, 5.74) is 2.46. The van der Waals surface area contributed by atoms with Gasteiger partial charge in [0.05, 0.1) is 11.5 Å². The molecule has 0 radical (unpaired) electrons. The first-order valence-corrected chi connectivity index (χ1v) is 8.92. The Kier molecular flexibility index (Phi) is 5.00. The molecule has 0 saturated carbocycles. The van der Waals surface area contributed by atoms with Gasteiger partial charge in [0.25, 0.3) is 0 Å². The molecule has 1 atom stereocenters. The van der Waals surface area contributed by atoms with Crippen molar-refractivity contribution in [3.05, 3.63) is 41.5 Å². The van der Waals surface area contributed by atoms with Crippen molar-refractivity contribution in [2.45, 2.75) is 13.8 Å². The van der Waals surface area contributed by atoms with Crippen molar-refractivity contribution in [1.29, 1.82) is 0 Å². The van der Waals surface area contributed by atoms with Crippen molar-refractivity contribution >= 4 is 15.9 Å². The average Bonchev–Trinajstić information content (AvgIpc) is 2.48. The number of hydrogen-bond donors (Lipinski definition) is 0. The summed E-state index contributed by atoms with van der Waals surface area (Å²) in [6.45, 7) is 6.48. The highest BCUT2D eigenvalue weighted by Gasteiger charge is 2.23. The Labute approximate surface area is 122 Å². The maximum absolute atomic E-state index is 11.8. The second kappa shape index (κ2) is 6.55. The summed E-state index contributed by atoms with van der Waals surface area (Å²) < 4.78 is 23.5. The summed E-state index contributed by atoms with van der Waals surface area (Å²) in [4.78, 5) is 2.25. The van der Waals surface area contributed by atoms with Crippen LogP contribution in [0.2, 0.25) is 0 Å². The predicted molar refractivity (Wildman–Crippen MR) is 84.4 cm³/mol. The van der Waals surface area contributed by atoms with Gasteiger partial charge >= 0.3 is 0 Å². The van der Waals surface area contributed by atoms with Crippen LogP contribution >= 0.6 is 0 Å². The zero-order valence-electron chi connectivity index (χ0n) is 12.2. The molecule has 0 aromatic heterocycles. The number of benzene rings is 1. The maximum atomic E-state index is 11.8. The van der Waals surface area contributed by atoms with E-state index in [2.05, 4.69) is 30.0 Å². The van der Waals surface area contributed by atoms with E-state index in [0.29, 0.717) is 12.3 Å². The van der Waals surface area contributed by atoms with Gasteiger partial charge in [-0.05, 0) is 18.4 Å². The molecule has 1 aromatic rings. The van der Waals surface area contributed by atoms with Gasteiger partial charge in [-0.1, -0.05) is 48.9 Å². The molecule has 0 bridgehead atoms. The van der Waals surface area contributed by atoms with E-state index in [1.807, 2.05) is 25.1 Å². The van der Waals surface area contributed by atoms with Gasteiger partial charge in [0.1, 0.15) is 0 Å². The first-order valence-electron chi connectivity index (χ1n) is 7.09. The normalized spacial score (nSPS) is 24.3. The zero-order chi connectivity index (χ0) is 14.6. The second-order valence-electron chi connectivity index (χ2n) is 5.86. The molecule has 1 aliphatic rings. The molecular weight excluding hydrogens is 270 g/mol. The highest BCUT2D eigenvalue weighted by Crippen LogP contribution is 2.14. The van der Waals surface area contributed by atoms with Crippen LogP contribution in [0.4, 0.5) is 0 Å². The highest BCUT2D eigenvalue weighted by atomic mass is 32.2. The topological polar surface area (TPSA) is 37.4 Å². The van der Waals surface area contributed by atoms with Crippen LogP contribution < -0.4 is 0 Å². The minimum absolute atomic E-state index is 0.215.